The minimum absolute atomic E-state index is 0.0711. The summed E-state index contributed by atoms with van der Waals surface area (Å²) in [5, 5.41) is 2.75. The Morgan fingerprint density at radius 3 is 2.67 bits per heavy atom. The van der Waals surface area contributed by atoms with Crippen LogP contribution >= 0.6 is 0 Å². The summed E-state index contributed by atoms with van der Waals surface area (Å²) in [7, 11) is 1.46. The lowest BCUT2D eigenvalue weighted by molar-refractivity contribution is -0.119. The first-order valence-electron chi connectivity index (χ1n) is 7.40. The summed E-state index contributed by atoms with van der Waals surface area (Å²) in [4.78, 5) is 15.1. The summed E-state index contributed by atoms with van der Waals surface area (Å²) < 4.78 is 23.9. The summed E-state index contributed by atoms with van der Waals surface area (Å²) in [6, 6.07) is 7.53. The van der Waals surface area contributed by atoms with Crippen LogP contribution in [-0.2, 0) is 4.79 Å². The Labute approximate surface area is 140 Å². The Bertz CT molecular complexity index is 730. The number of hydrogen-bond donors (Lipinski definition) is 1. The van der Waals surface area contributed by atoms with E-state index in [4.69, 9.17) is 9.47 Å². The molecule has 0 radical (unpaired) electrons. The number of nitrogens with one attached hydrogen (secondary N) is 1. The topological polar surface area (TPSA) is 60.5 Å². The zero-order valence-corrected chi connectivity index (χ0v) is 13.7. The SMILES string of the molecule is COc1cc(F)cc(Oc2ccc(C=C[C@H](C)NC(C)=O)cn2)c1. The average molecular weight is 330 g/mol. The van der Waals surface area contributed by atoms with E-state index < -0.39 is 5.82 Å². The first-order valence-corrected chi connectivity index (χ1v) is 7.40. The highest BCUT2D eigenvalue weighted by atomic mass is 19.1. The Balaban J connectivity index is 2.03. The Kier molecular flexibility index (Phi) is 5.89. The molecule has 1 atom stereocenters. The zero-order valence-electron chi connectivity index (χ0n) is 13.7. The van der Waals surface area contributed by atoms with E-state index in [-0.39, 0.29) is 11.9 Å². The number of carbonyl (C=O) groups excluding carboxylic acids is 1. The molecule has 2 aromatic rings. The lowest BCUT2D eigenvalue weighted by Gasteiger charge is -2.08. The predicted molar refractivity (Wildman–Crippen MR) is 89.6 cm³/mol. The molecule has 24 heavy (non-hydrogen) atoms. The molecule has 0 aliphatic heterocycles. The molecule has 0 unspecified atom stereocenters. The molecule has 1 heterocycles. The number of pyridine rings is 1. The summed E-state index contributed by atoms with van der Waals surface area (Å²) in [6.45, 7) is 3.35. The first kappa shape index (κ1) is 17.5. The van der Waals surface area contributed by atoms with Crippen molar-refractivity contribution in [2.24, 2.45) is 0 Å². The van der Waals surface area contributed by atoms with E-state index in [0.29, 0.717) is 17.4 Å². The van der Waals surface area contributed by atoms with Gasteiger partial charge in [-0.3, -0.25) is 4.79 Å². The molecule has 6 heteroatoms. The molecule has 0 saturated heterocycles. The number of ether oxygens (including phenoxy) is 2. The summed E-state index contributed by atoms with van der Waals surface area (Å²) in [5.74, 6) is 0.489. The van der Waals surface area contributed by atoms with Crippen molar-refractivity contribution in [1.82, 2.24) is 10.3 Å². The van der Waals surface area contributed by atoms with Gasteiger partial charge >= 0.3 is 0 Å². The molecule has 0 aliphatic rings. The number of nitrogens with zero attached hydrogens (tertiary/aromatic N) is 1. The molecule has 1 aromatic heterocycles. The van der Waals surface area contributed by atoms with Crippen LogP contribution in [0.1, 0.15) is 19.4 Å². The van der Waals surface area contributed by atoms with Gasteiger partial charge in [0.25, 0.3) is 0 Å². The fraction of sp³-hybridized carbons (Fsp3) is 0.222. The lowest BCUT2D eigenvalue weighted by atomic mass is 10.2. The van der Waals surface area contributed by atoms with Crippen molar-refractivity contribution in [2.75, 3.05) is 7.11 Å². The van der Waals surface area contributed by atoms with E-state index in [1.165, 1.54) is 26.2 Å². The van der Waals surface area contributed by atoms with Gasteiger partial charge in [-0.15, -0.1) is 0 Å². The number of halogens is 1. The van der Waals surface area contributed by atoms with Crippen molar-refractivity contribution in [3.05, 3.63) is 54.0 Å². The molecular formula is C18H19FN2O3. The van der Waals surface area contributed by atoms with Crippen LogP contribution in [0.5, 0.6) is 17.4 Å². The molecule has 0 saturated carbocycles. The largest absolute Gasteiger partial charge is 0.497 e. The standard InChI is InChI=1S/C18H19FN2O3/c1-12(21-13(2)22)4-5-14-6-7-18(20-11-14)24-17-9-15(19)8-16(10-17)23-3/h4-12H,1-3H3,(H,21,22)/t12-/m0/s1. The number of aromatic nitrogens is 1. The van der Waals surface area contributed by atoms with Gasteiger partial charge in [0.15, 0.2) is 0 Å². The molecule has 5 nitrogen and oxygen atoms in total. The number of rotatable bonds is 6. The monoisotopic (exact) mass is 330 g/mol. The molecule has 0 aliphatic carbocycles. The molecule has 1 aromatic carbocycles. The normalized spacial score (nSPS) is 12.0. The van der Waals surface area contributed by atoms with Crippen molar-refractivity contribution in [2.45, 2.75) is 19.9 Å². The maximum atomic E-state index is 13.4. The fourth-order valence-corrected chi connectivity index (χ4v) is 2.01. The van der Waals surface area contributed by atoms with Gasteiger partial charge in [-0.25, -0.2) is 9.37 Å². The maximum absolute atomic E-state index is 13.4. The van der Waals surface area contributed by atoms with Gasteiger partial charge in [-0.05, 0) is 18.6 Å². The second-order valence-electron chi connectivity index (χ2n) is 5.21. The van der Waals surface area contributed by atoms with Crippen LogP contribution in [0.3, 0.4) is 0 Å². The minimum atomic E-state index is -0.448. The Morgan fingerprint density at radius 2 is 2.04 bits per heavy atom. The van der Waals surface area contributed by atoms with Crippen molar-refractivity contribution < 1.29 is 18.7 Å². The molecule has 2 rings (SSSR count). The van der Waals surface area contributed by atoms with Crippen LogP contribution in [-0.4, -0.2) is 24.0 Å². The summed E-state index contributed by atoms with van der Waals surface area (Å²) >= 11 is 0. The van der Waals surface area contributed by atoms with Gasteiger partial charge in [-0.1, -0.05) is 12.2 Å². The van der Waals surface area contributed by atoms with E-state index in [1.54, 1.807) is 18.3 Å². The molecule has 126 valence electrons. The number of amides is 1. The number of carbonyl (C=O) groups is 1. The van der Waals surface area contributed by atoms with E-state index in [2.05, 4.69) is 10.3 Å². The van der Waals surface area contributed by atoms with Crippen LogP contribution in [0.25, 0.3) is 6.08 Å². The van der Waals surface area contributed by atoms with Crippen LogP contribution in [0.4, 0.5) is 4.39 Å². The van der Waals surface area contributed by atoms with Gasteiger partial charge < -0.3 is 14.8 Å². The van der Waals surface area contributed by atoms with E-state index >= 15 is 0 Å². The summed E-state index contributed by atoms with van der Waals surface area (Å²) in [5.41, 5.74) is 0.858. The third kappa shape index (κ3) is 5.39. The quantitative estimate of drug-likeness (QED) is 0.880. The van der Waals surface area contributed by atoms with Gasteiger partial charge in [0, 0.05) is 43.4 Å². The molecule has 1 N–H and O–H groups in total. The van der Waals surface area contributed by atoms with Crippen LogP contribution in [0, 0.1) is 5.82 Å². The number of hydrogen-bond acceptors (Lipinski definition) is 4. The van der Waals surface area contributed by atoms with Crippen molar-refractivity contribution >= 4 is 12.0 Å². The first-order chi connectivity index (χ1) is 11.5. The number of methoxy groups -OCH3 is 1. The van der Waals surface area contributed by atoms with Gasteiger partial charge in [0.05, 0.1) is 7.11 Å². The van der Waals surface area contributed by atoms with Crippen molar-refractivity contribution in [3.63, 3.8) is 0 Å². The minimum Gasteiger partial charge on any atom is -0.497 e. The Hall–Kier alpha value is -2.89. The highest BCUT2D eigenvalue weighted by Crippen LogP contribution is 2.25. The Morgan fingerprint density at radius 1 is 1.29 bits per heavy atom. The van der Waals surface area contributed by atoms with Crippen molar-refractivity contribution in [1.29, 1.82) is 0 Å². The molecule has 0 fully saturated rings. The summed E-state index contributed by atoms with van der Waals surface area (Å²) in [6.07, 6.45) is 5.34. The van der Waals surface area contributed by atoms with Gasteiger partial charge in [0.2, 0.25) is 11.8 Å². The van der Waals surface area contributed by atoms with Crippen LogP contribution < -0.4 is 14.8 Å². The predicted octanol–water partition coefficient (Wildman–Crippen LogP) is 3.56. The zero-order chi connectivity index (χ0) is 17.5. The number of benzene rings is 1. The lowest BCUT2D eigenvalue weighted by Crippen LogP contribution is -2.28. The molecular weight excluding hydrogens is 311 g/mol. The second-order valence-corrected chi connectivity index (χ2v) is 5.21. The van der Waals surface area contributed by atoms with E-state index in [0.717, 1.165) is 5.56 Å². The third-order valence-electron chi connectivity index (χ3n) is 3.07. The van der Waals surface area contributed by atoms with E-state index in [9.17, 15) is 9.18 Å². The van der Waals surface area contributed by atoms with Crippen LogP contribution in [0.2, 0.25) is 0 Å². The van der Waals surface area contributed by atoms with Crippen LogP contribution in [0.15, 0.2) is 42.6 Å². The van der Waals surface area contributed by atoms with Crippen molar-refractivity contribution in [3.8, 4) is 17.4 Å². The van der Waals surface area contributed by atoms with Gasteiger partial charge in [0.1, 0.15) is 17.3 Å². The van der Waals surface area contributed by atoms with E-state index in [1.807, 2.05) is 25.1 Å². The molecule has 0 spiro atoms. The molecule has 0 bridgehead atoms. The molecule has 1 amide bonds. The fourth-order valence-electron chi connectivity index (χ4n) is 2.01. The average Bonchev–Trinajstić information content (AvgIpc) is 2.53. The highest BCUT2D eigenvalue weighted by Gasteiger charge is 2.04. The third-order valence-corrected chi connectivity index (χ3v) is 3.07. The highest BCUT2D eigenvalue weighted by molar-refractivity contribution is 5.73. The van der Waals surface area contributed by atoms with Gasteiger partial charge in [-0.2, -0.15) is 0 Å². The maximum Gasteiger partial charge on any atom is 0.219 e. The second kappa shape index (κ2) is 8.10. The smallest absolute Gasteiger partial charge is 0.219 e.